The SMILES string of the molecule is CN(C(=O)N1CCCC(C)(C)C1C(=O)O)C1CCCCC1. The van der Waals surface area contributed by atoms with Crippen LogP contribution in [0.1, 0.15) is 58.8 Å². The number of carboxylic acid groups (broad SMARTS) is 1. The van der Waals surface area contributed by atoms with Crippen LogP contribution in [0.2, 0.25) is 0 Å². The van der Waals surface area contributed by atoms with Crippen LogP contribution in [0.15, 0.2) is 0 Å². The maximum Gasteiger partial charge on any atom is 0.327 e. The molecule has 5 nitrogen and oxygen atoms in total. The highest BCUT2D eigenvalue weighted by molar-refractivity contribution is 5.83. The molecule has 1 saturated carbocycles. The van der Waals surface area contributed by atoms with E-state index in [0.717, 1.165) is 38.5 Å². The number of carboxylic acids is 1. The van der Waals surface area contributed by atoms with Crippen molar-refractivity contribution in [2.45, 2.75) is 70.9 Å². The summed E-state index contributed by atoms with van der Waals surface area (Å²) in [7, 11) is 1.83. The van der Waals surface area contributed by atoms with E-state index in [4.69, 9.17) is 0 Å². The molecule has 120 valence electrons. The van der Waals surface area contributed by atoms with Crippen molar-refractivity contribution in [1.82, 2.24) is 9.80 Å². The van der Waals surface area contributed by atoms with Crippen molar-refractivity contribution in [3.05, 3.63) is 0 Å². The number of nitrogens with zero attached hydrogens (tertiary/aromatic N) is 2. The van der Waals surface area contributed by atoms with Gasteiger partial charge in [-0.15, -0.1) is 0 Å². The maximum absolute atomic E-state index is 12.8. The summed E-state index contributed by atoms with van der Waals surface area (Å²) in [4.78, 5) is 27.8. The van der Waals surface area contributed by atoms with Gasteiger partial charge in [0.1, 0.15) is 6.04 Å². The summed E-state index contributed by atoms with van der Waals surface area (Å²) >= 11 is 0. The number of likely N-dealkylation sites (tertiary alicyclic amines) is 1. The van der Waals surface area contributed by atoms with Crippen LogP contribution < -0.4 is 0 Å². The number of amides is 2. The molecule has 1 unspecified atom stereocenters. The molecule has 0 aromatic rings. The Balaban J connectivity index is 2.13. The van der Waals surface area contributed by atoms with Gasteiger partial charge in [0, 0.05) is 19.6 Å². The quantitative estimate of drug-likeness (QED) is 0.852. The van der Waals surface area contributed by atoms with Crippen molar-refractivity contribution < 1.29 is 14.7 Å². The van der Waals surface area contributed by atoms with E-state index in [-0.39, 0.29) is 17.5 Å². The number of aliphatic carboxylic acids is 1. The second kappa shape index (κ2) is 6.24. The van der Waals surface area contributed by atoms with Crippen LogP contribution in [0.25, 0.3) is 0 Å². The van der Waals surface area contributed by atoms with E-state index < -0.39 is 12.0 Å². The highest BCUT2D eigenvalue weighted by Gasteiger charge is 2.45. The van der Waals surface area contributed by atoms with Crippen molar-refractivity contribution >= 4 is 12.0 Å². The van der Waals surface area contributed by atoms with Gasteiger partial charge in [-0.2, -0.15) is 0 Å². The van der Waals surface area contributed by atoms with E-state index >= 15 is 0 Å². The summed E-state index contributed by atoms with van der Waals surface area (Å²) < 4.78 is 0. The molecule has 2 fully saturated rings. The standard InChI is InChI=1S/C16H28N2O3/c1-16(2)10-7-11-18(13(16)14(19)20)15(21)17(3)12-8-5-4-6-9-12/h12-13H,4-11H2,1-3H3,(H,19,20). The van der Waals surface area contributed by atoms with Crippen LogP contribution in [0.3, 0.4) is 0 Å². The van der Waals surface area contributed by atoms with Gasteiger partial charge in [0.05, 0.1) is 0 Å². The minimum atomic E-state index is -0.884. The van der Waals surface area contributed by atoms with Gasteiger partial charge in [0.25, 0.3) is 0 Å². The molecule has 0 spiro atoms. The number of piperidine rings is 1. The molecule has 2 aliphatic rings. The first-order valence-electron chi connectivity index (χ1n) is 8.11. The zero-order chi connectivity index (χ0) is 15.6. The van der Waals surface area contributed by atoms with Crippen molar-refractivity contribution in [1.29, 1.82) is 0 Å². The Morgan fingerprint density at radius 1 is 1.14 bits per heavy atom. The van der Waals surface area contributed by atoms with Crippen LogP contribution in [0, 0.1) is 5.41 Å². The first kappa shape index (κ1) is 16.1. The summed E-state index contributed by atoms with van der Waals surface area (Å²) in [5, 5.41) is 9.57. The molecule has 21 heavy (non-hydrogen) atoms. The molecule has 2 rings (SSSR count). The summed E-state index contributed by atoms with van der Waals surface area (Å²) in [6, 6.07) is -0.558. The third kappa shape index (κ3) is 3.33. The number of urea groups is 1. The number of hydrogen-bond acceptors (Lipinski definition) is 2. The molecule has 2 amide bonds. The van der Waals surface area contributed by atoms with Crippen molar-refractivity contribution in [2.24, 2.45) is 5.41 Å². The molecule has 0 bridgehead atoms. The lowest BCUT2D eigenvalue weighted by Gasteiger charge is -2.46. The van der Waals surface area contributed by atoms with E-state index in [2.05, 4.69) is 0 Å². The molecule has 0 aromatic carbocycles. The highest BCUT2D eigenvalue weighted by atomic mass is 16.4. The fraction of sp³-hybridized carbons (Fsp3) is 0.875. The van der Waals surface area contributed by atoms with Gasteiger partial charge in [-0.1, -0.05) is 33.1 Å². The Hall–Kier alpha value is -1.26. The zero-order valence-electron chi connectivity index (χ0n) is 13.5. The Labute approximate surface area is 127 Å². The molecule has 1 N–H and O–H groups in total. The topological polar surface area (TPSA) is 60.9 Å². The molecule has 1 aliphatic carbocycles. The van der Waals surface area contributed by atoms with E-state index in [9.17, 15) is 14.7 Å². The fourth-order valence-corrected chi connectivity index (χ4v) is 3.89. The Bertz CT molecular complexity index is 402. The van der Waals surface area contributed by atoms with Crippen LogP contribution in [0.5, 0.6) is 0 Å². The lowest BCUT2D eigenvalue weighted by molar-refractivity contribution is -0.148. The second-order valence-electron chi connectivity index (χ2n) is 7.21. The van der Waals surface area contributed by atoms with Crippen molar-refractivity contribution in [3.8, 4) is 0 Å². The molecular formula is C16H28N2O3. The van der Waals surface area contributed by atoms with E-state index in [1.807, 2.05) is 20.9 Å². The number of hydrogen-bond donors (Lipinski definition) is 1. The Kier molecular flexibility index (Phi) is 4.79. The van der Waals surface area contributed by atoms with Crippen molar-refractivity contribution in [3.63, 3.8) is 0 Å². The predicted molar refractivity (Wildman–Crippen MR) is 81.2 cm³/mol. The summed E-state index contributed by atoms with van der Waals surface area (Å²) in [6.07, 6.45) is 7.37. The lowest BCUT2D eigenvalue weighted by Crippen LogP contribution is -2.60. The molecule has 0 radical (unpaired) electrons. The fourth-order valence-electron chi connectivity index (χ4n) is 3.89. The first-order valence-corrected chi connectivity index (χ1v) is 8.11. The molecule has 5 heteroatoms. The second-order valence-corrected chi connectivity index (χ2v) is 7.21. The van der Waals surface area contributed by atoms with Crippen LogP contribution in [-0.2, 0) is 4.79 Å². The molecule has 1 aliphatic heterocycles. The van der Waals surface area contributed by atoms with E-state index in [0.29, 0.717) is 6.54 Å². The smallest absolute Gasteiger partial charge is 0.327 e. The number of carbonyl (C=O) groups is 2. The molecule has 1 saturated heterocycles. The largest absolute Gasteiger partial charge is 0.480 e. The van der Waals surface area contributed by atoms with E-state index in [1.165, 1.54) is 6.42 Å². The highest BCUT2D eigenvalue weighted by Crippen LogP contribution is 2.36. The average molecular weight is 296 g/mol. The van der Waals surface area contributed by atoms with Gasteiger partial charge in [-0.3, -0.25) is 0 Å². The van der Waals surface area contributed by atoms with Gasteiger partial charge in [0.2, 0.25) is 0 Å². The summed E-state index contributed by atoms with van der Waals surface area (Å²) in [5.41, 5.74) is -0.368. The van der Waals surface area contributed by atoms with Gasteiger partial charge in [-0.25, -0.2) is 9.59 Å². The van der Waals surface area contributed by atoms with Crippen molar-refractivity contribution in [2.75, 3.05) is 13.6 Å². The monoisotopic (exact) mass is 296 g/mol. The number of carbonyl (C=O) groups excluding carboxylic acids is 1. The molecule has 1 atom stereocenters. The molecule has 0 aromatic heterocycles. The minimum Gasteiger partial charge on any atom is -0.480 e. The normalized spacial score (nSPS) is 26.4. The van der Waals surface area contributed by atoms with E-state index in [1.54, 1.807) is 9.80 Å². The Morgan fingerprint density at radius 2 is 1.76 bits per heavy atom. The van der Waals surface area contributed by atoms with Crippen LogP contribution >= 0.6 is 0 Å². The molecule has 1 heterocycles. The lowest BCUT2D eigenvalue weighted by atomic mass is 9.76. The molecular weight excluding hydrogens is 268 g/mol. The maximum atomic E-state index is 12.8. The minimum absolute atomic E-state index is 0.109. The first-order chi connectivity index (χ1) is 9.84. The average Bonchev–Trinajstić information content (AvgIpc) is 2.45. The Morgan fingerprint density at radius 3 is 2.33 bits per heavy atom. The number of rotatable bonds is 2. The van der Waals surface area contributed by atoms with Gasteiger partial charge < -0.3 is 14.9 Å². The van der Waals surface area contributed by atoms with Crippen LogP contribution in [-0.4, -0.2) is 52.6 Å². The third-order valence-corrected chi connectivity index (χ3v) is 5.18. The van der Waals surface area contributed by atoms with Crippen LogP contribution in [0.4, 0.5) is 4.79 Å². The summed E-state index contributed by atoms with van der Waals surface area (Å²) in [5.74, 6) is -0.884. The predicted octanol–water partition coefficient (Wildman–Crippen LogP) is 2.95. The zero-order valence-corrected chi connectivity index (χ0v) is 13.5. The van der Waals surface area contributed by atoms with Gasteiger partial charge >= 0.3 is 12.0 Å². The van der Waals surface area contributed by atoms with Gasteiger partial charge in [-0.05, 0) is 31.1 Å². The summed E-state index contributed by atoms with van der Waals surface area (Å²) in [6.45, 7) is 4.45. The third-order valence-electron chi connectivity index (χ3n) is 5.18. The van der Waals surface area contributed by atoms with Gasteiger partial charge in [0.15, 0.2) is 0 Å².